The number of H-pyrrole nitrogens is 1. The maximum atomic E-state index is 3.53. The topological polar surface area (TPSA) is 15.8 Å². The Hall–Kier alpha value is -1.34. The van der Waals surface area contributed by atoms with Crippen LogP contribution in [0.2, 0.25) is 0 Å². The maximum Gasteiger partial charge on any atom is -0.00882 e. The number of aromatic nitrogens is 1. The summed E-state index contributed by atoms with van der Waals surface area (Å²) >= 11 is -0.541. The Morgan fingerprint density at radius 1 is 0.846 bits per heavy atom. The number of allylic oxidation sites excluding steroid dienone is 5. The van der Waals surface area contributed by atoms with Gasteiger partial charge in [0.05, 0.1) is 0 Å². The van der Waals surface area contributed by atoms with Crippen molar-refractivity contribution in [3.63, 3.8) is 0 Å². The second kappa shape index (κ2) is 10.1. The van der Waals surface area contributed by atoms with E-state index in [9.17, 15) is 0 Å². The molecule has 0 fully saturated rings. The van der Waals surface area contributed by atoms with Gasteiger partial charge in [0.1, 0.15) is 0 Å². The zero-order valence-electron chi connectivity index (χ0n) is 14.3. The van der Waals surface area contributed by atoms with Crippen LogP contribution in [0.3, 0.4) is 0 Å². The van der Waals surface area contributed by atoms with Crippen molar-refractivity contribution in [2.24, 2.45) is 0 Å². The Kier molecular flexibility index (Phi) is 8.16. The van der Waals surface area contributed by atoms with E-state index in [-0.39, 0.29) is 24.8 Å². The first kappa shape index (κ1) is 21.0. The fourth-order valence-electron chi connectivity index (χ4n) is 3.05. The van der Waals surface area contributed by atoms with Crippen LogP contribution >= 0.6 is 0 Å². The van der Waals surface area contributed by atoms with E-state index in [2.05, 4.69) is 90.0 Å². The van der Waals surface area contributed by atoms with Gasteiger partial charge in [-0.1, -0.05) is 36.4 Å². The fourth-order valence-corrected chi connectivity index (χ4v) is 5.93. The summed E-state index contributed by atoms with van der Waals surface area (Å²) in [5.41, 5.74) is 4.12. The first-order valence-corrected chi connectivity index (χ1v) is 10.8. The SMILES string of the molecule is C1=CC[C]([Zr+2][c]2cc3ccccc3[nH]2)=C1.C1=Cc2ccccc2C1.[Cl-].[Cl-]. The summed E-state index contributed by atoms with van der Waals surface area (Å²) < 4.78 is 3.14. The van der Waals surface area contributed by atoms with Crippen LogP contribution in [0.5, 0.6) is 0 Å². The van der Waals surface area contributed by atoms with Crippen molar-refractivity contribution in [1.82, 2.24) is 4.98 Å². The molecule has 4 heteroatoms. The Morgan fingerprint density at radius 2 is 1.65 bits per heavy atom. The zero-order chi connectivity index (χ0) is 16.2. The van der Waals surface area contributed by atoms with E-state index in [0.29, 0.717) is 0 Å². The molecule has 1 N–H and O–H groups in total. The third kappa shape index (κ3) is 5.10. The molecule has 5 rings (SSSR count). The smallest absolute Gasteiger partial charge is 0.00882 e. The molecule has 2 aliphatic rings. The maximum absolute atomic E-state index is 3.53. The molecule has 0 bridgehead atoms. The summed E-state index contributed by atoms with van der Waals surface area (Å²) in [5, 5.41) is 1.35. The number of rotatable bonds is 2. The minimum absolute atomic E-state index is 0. The quantitative estimate of drug-likeness (QED) is 0.506. The van der Waals surface area contributed by atoms with E-state index in [1.807, 2.05) is 0 Å². The van der Waals surface area contributed by atoms with Crippen molar-refractivity contribution >= 4 is 20.4 Å². The van der Waals surface area contributed by atoms with E-state index < -0.39 is 23.2 Å². The van der Waals surface area contributed by atoms with Crippen LogP contribution < -0.4 is 28.2 Å². The first-order chi connectivity index (χ1) is 11.9. The number of benzene rings is 2. The Morgan fingerprint density at radius 3 is 2.42 bits per heavy atom. The van der Waals surface area contributed by atoms with Crippen molar-refractivity contribution in [3.8, 4) is 0 Å². The summed E-state index contributed by atoms with van der Waals surface area (Å²) in [6, 6.07) is 19.3. The molecule has 1 aromatic heterocycles. The molecule has 2 aromatic carbocycles. The molecular formula is C22H19Cl2NZr. The number of para-hydroxylation sites is 1. The van der Waals surface area contributed by atoms with Crippen LogP contribution in [0.4, 0.5) is 0 Å². The molecule has 2 aliphatic carbocycles. The minimum atomic E-state index is -0.541. The van der Waals surface area contributed by atoms with E-state index in [1.54, 1.807) is 3.28 Å². The standard InChI is InChI=1S/C9H8.C8H6N.C5H5.2ClH.Zr/c1-2-5-9-7-3-6-8(9)4-1;1-2-4-8-7(3-1)5-6-9-8;1-2-4-5-3-1;;;/h1-6H,7H2;1-5,9H;1-3H,4H2;2*1H;/q;;;;;+2/p-2. The van der Waals surface area contributed by atoms with Crippen molar-refractivity contribution < 1.29 is 48.0 Å². The van der Waals surface area contributed by atoms with Crippen molar-refractivity contribution in [1.29, 1.82) is 0 Å². The van der Waals surface area contributed by atoms with Crippen LogP contribution in [-0.2, 0) is 29.7 Å². The molecule has 0 amide bonds. The predicted molar refractivity (Wildman–Crippen MR) is 99.0 cm³/mol. The third-order valence-corrected chi connectivity index (χ3v) is 7.31. The third-order valence-electron chi connectivity index (χ3n) is 4.29. The molecular weight excluding hydrogens is 440 g/mol. The van der Waals surface area contributed by atoms with Gasteiger partial charge in [-0.15, -0.1) is 0 Å². The van der Waals surface area contributed by atoms with Gasteiger partial charge in [0.15, 0.2) is 0 Å². The molecule has 130 valence electrons. The molecule has 0 spiro atoms. The largest absolute Gasteiger partial charge is 1.00 e. The van der Waals surface area contributed by atoms with Crippen molar-refractivity contribution in [2.75, 3.05) is 0 Å². The number of hydrogen-bond donors (Lipinski definition) is 1. The van der Waals surface area contributed by atoms with E-state index in [0.717, 1.165) is 6.42 Å². The number of aromatic amines is 1. The van der Waals surface area contributed by atoms with Gasteiger partial charge in [-0.25, -0.2) is 0 Å². The average Bonchev–Trinajstić information content (AvgIpc) is 3.35. The summed E-state index contributed by atoms with van der Waals surface area (Å²) in [4.78, 5) is 3.53. The minimum Gasteiger partial charge on any atom is -1.00 e. The second-order valence-electron chi connectivity index (χ2n) is 6.02. The first-order valence-electron chi connectivity index (χ1n) is 8.33. The van der Waals surface area contributed by atoms with Gasteiger partial charge in [-0.2, -0.15) is 0 Å². The second-order valence-corrected chi connectivity index (χ2v) is 9.54. The molecule has 1 nitrogen and oxygen atoms in total. The van der Waals surface area contributed by atoms with Crippen molar-refractivity contribution in [2.45, 2.75) is 12.8 Å². The van der Waals surface area contributed by atoms with E-state index >= 15 is 0 Å². The number of fused-ring (bicyclic) bond motifs is 2. The summed E-state index contributed by atoms with van der Waals surface area (Å²) in [6.45, 7) is 0. The van der Waals surface area contributed by atoms with Gasteiger partial charge in [0, 0.05) is 0 Å². The summed E-state index contributed by atoms with van der Waals surface area (Å²) in [6.07, 6.45) is 13.4. The van der Waals surface area contributed by atoms with Gasteiger partial charge in [0.25, 0.3) is 0 Å². The monoisotopic (exact) mass is 457 g/mol. The van der Waals surface area contributed by atoms with Crippen LogP contribution in [0, 0.1) is 0 Å². The number of nitrogens with one attached hydrogen (secondary N) is 1. The normalized spacial score (nSPS) is 13.0. The number of halogens is 2. The summed E-state index contributed by atoms with van der Waals surface area (Å²) in [5.74, 6) is 0. The molecule has 0 saturated heterocycles. The van der Waals surface area contributed by atoms with Crippen LogP contribution in [0.15, 0.2) is 82.2 Å². The fraction of sp³-hybridized carbons (Fsp3) is 0.0909. The number of hydrogen-bond acceptors (Lipinski definition) is 0. The molecule has 3 aromatic rings. The predicted octanol–water partition coefficient (Wildman–Crippen LogP) is -1.02. The molecule has 0 atom stereocenters. The van der Waals surface area contributed by atoms with E-state index in [4.69, 9.17) is 0 Å². The van der Waals surface area contributed by atoms with Gasteiger partial charge >= 0.3 is 101 Å². The van der Waals surface area contributed by atoms with E-state index in [1.165, 1.54) is 31.9 Å². The summed E-state index contributed by atoms with van der Waals surface area (Å²) in [7, 11) is 0. The van der Waals surface area contributed by atoms with Gasteiger partial charge in [-0.05, 0) is 17.5 Å². The zero-order valence-corrected chi connectivity index (χ0v) is 18.2. The molecule has 0 radical (unpaired) electrons. The Labute approximate surface area is 178 Å². The Balaban J connectivity index is 0.000000192. The Bertz CT molecular complexity index is 920. The molecule has 0 unspecified atom stereocenters. The van der Waals surface area contributed by atoms with Crippen LogP contribution in [0.25, 0.3) is 17.0 Å². The molecule has 0 aliphatic heterocycles. The van der Waals surface area contributed by atoms with Gasteiger partial charge in [0.2, 0.25) is 0 Å². The van der Waals surface area contributed by atoms with Gasteiger partial charge < -0.3 is 24.8 Å². The average molecular weight is 460 g/mol. The molecule has 1 heterocycles. The van der Waals surface area contributed by atoms with Crippen LogP contribution in [-0.4, -0.2) is 4.98 Å². The molecule has 0 saturated carbocycles. The molecule has 26 heavy (non-hydrogen) atoms. The van der Waals surface area contributed by atoms with Crippen molar-refractivity contribution in [3.05, 3.63) is 93.3 Å². The van der Waals surface area contributed by atoms with Crippen LogP contribution in [0.1, 0.15) is 17.5 Å². The van der Waals surface area contributed by atoms with Gasteiger partial charge in [-0.3, -0.25) is 0 Å².